The Morgan fingerprint density at radius 1 is 1.71 bits per heavy atom. The minimum absolute atomic E-state index is 0.0416. The first kappa shape index (κ1) is 8.93. The van der Waals surface area contributed by atoms with Crippen LogP contribution >= 0.6 is 0 Å². The van der Waals surface area contributed by atoms with Crippen molar-refractivity contribution in [2.45, 2.75) is 25.3 Å². The number of aldehydes is 1. The van der Waals surface area contributed by atoms with Crippen LogP contribution in [0.1, 0.15) is 35.1 Å². The number of aromatic nitrogens is 2. The fraction of sp³-hybridized carbons (Fsp3) is 0.444. The molecule has 5 nitrogen and oxygen atoms in total. The van der Waals surface area contributed by atoms with E-state index in [4.69, 9.17) is 5.73 Å². The maximum absolute atomic E-state index is 10.8. The van der Waals surface area contributed by atoms with Crippen LogP contribution in [0.5, 0.6) is 0 Å². The van der Waals surface area contributed by atoms with Crippen LogP contribution in [0.3, 0.4) is 0 Å². The second-order valence-corrected chi connectivity index (χ2v) is 3.49. The number of carbonyl (C=O) groups is 2. The van der Waals surface area contributed by atoms with Gasteiger partial charge in [-0.25, -0.2) is 4.98 Å². The standard InChI is InChI=1S/C9H11N3O2/c10-8(14)4-12-7(6-1-2-6)3-11-9(12)5-13/h3,5-6H,1-2,4H2,(H2,10,14). The molecule has 1 aromatic heterocycles. The molecule has 0 atom stereocenters. The molecule has 1 amide bonds. The van der Waals surface area contributed by atoms with E-state index in [-0.39, 0.29) is 12.4 Å². The van der Waals surface area contributed by atoms with Crippen molar-refractivity contribution < 1.29 is 9.59 Å². The average molecular weight is 193 g/mol. The molecule has 74 valence electrons. The van der Waals surface area contributed by atoms with Crippen LogP contribution in [0.2, 0.25) is 0 Å². The summed E-state index contributed by atoms with van der Waals surface area (Å²) in [7, 11) is 0. The van der Waals surface area contributed by atoms with Crippen LogP contribution in [0.4, 0.5) is 0 Å². The lowest BCUT2D eigenvalue weighted by Gasteiger charge is -2.05. The van der Waals surface area contributed by atoms with Crippen LogP contribution in [0.25, 0.3) is 0 Å². The maximum Gasteiger partial charge on any atom is 0.237 e. The van der Waals surface area contributed by atoms with Gasteiger partial charge in [0, 0.05) is 17.8 Å². The van der Waals surface area contributed by atoms with Crippen molar-refractivity contribution in [3.8, 4) is 0 Å². The zero-order chi connectivity index (χ0) is 10.1. The van der Waals surface area contributed by atoms with E-state index >= 15 is 0 Å². The van der Waals surface area contributed by atoms with E-state index in [9.17, 15) is 9.59 Å². The fourth-order valence-electron chi connectivity index (χ4n) is 1.53. The number of nitrogens with zero attached hydrogens (tertiary/aromatic N) is 2. The Labute approximate surface area is 80.9 Å². The van der Waals surface area contributed by atoms with Crippen molar-refractivity contribution in [1.82, 2.24) is 9.55 Å². The van der Waals surface area contributed by atoms with Crippen molar-refractivity contribution in [3.05, 3.63) is 17.7 Å². The summed E-state index contributed by atoms with van der Waals surface area (Å²) in [6, 6.07) is 0. The van der Waals surface area contributed by atoms with Crippen molar-refractivity contribution in [2.75, 3.05) is 0 Å². The number of nitrogens with two attached hydrogens (primary N) is 1. The minimum atomic E-state index is -0.451. The van der Waals surface area contributed by atoms with E-state index in [1.807, 2.05) is 0 Å². The van der Waals surface area contributed by atoms with Gasteiger partial charge in [-0.05, 0) is 12.8 Å². The van der Waals surface area contributed by atoms with Crippen LogP contribution in [-0.2, 0) is 11.3 Å². The number of hydrogen-bond acceptors (Lipinski definition) is 3. The maximum atomic E-state index is 10.8. The fourth-order valence-corrected chi connectivity index (χ4v) is 1.53. The van der Waals surface area contributed by atoms with Crippen LogP contribution in [-0.4, -0.2) is 21.7 Å². The van der Waals surface area contributed by atoms with Gasteiger partial charge in [0.1, 0.15) is 6.54 Å². The third kappa shape index (κ3) is 1.53. The van der Waals surface area contributed by atoms with Gasteiger partial charge >= 0.3 is 0 Å². The second kappa shape index (κ2) is 3.25. The van der Waals surface area contributed by atoms with Gasteiger partial charge in [-0.1, -0.05) is 0 Å². The summed E-state index contributed by atoms with van der Waals surface area (Å²) in [6.45, 7) is 0.0416. The number of hydrogen-bond donors (Lipinski definition) is 1. The Bertz CT molecular complexity index is 379. The molecule has 1 fully saturated rings. The monoisotopic (exact) mass is 193 g/mol. The minimum Gasteiger partial charge on any atom is -0.368 e. The second-order valence-electron chi connectivity index (χ2n) is 3.49. The summed E-state index contributed by atoms with van der Waals surface area (Å²) in [6.07, 6.45) is 4.50. The Balaban J connectivity index is 2.34. The molecule has 1 aromatic rings. The zero-order valence-corrected chi connectivity index (χ0v) is 7.64. The lowest BCUT2D eigenvalue weighted by Crippen LogP contribution is -2.21. The molecule has 0 unspecified atom stereocenters. The van der Waals surface area contributed by atoms with Gasteiger partial charge in [0.25, 0.3) is 0 Å². The highest BCUT2D eigenvalue weighted by molar-refractivity contribution is 5.76. The normalized spacial score (nSPS) is 15.4. The molecule has 1 saturated carbocycles. The Kier molecular flexibility index (Phi) is 2.07. The van der Waals surface area contributed by atoms with Crippen LogP contribution < -0.4 is 5.73 Å². The zero-order valence-electron chi connectivity index (χ0n) is 7.64. The molecule has 2 N–H and O–H groups in total. The van der Waals surface area contributed by atoms with Gasteiger partial charge in [0.05, 0.1) is 0 Å². The highest BCUT2D eigenvalue weighted by Crippen LogP contribution is 2.40. The van der Waals surface area contributed by atoms with Gasteiger partial charge in [-0.2, -0.15) is 0 Å². The number of rotatable bonds is 4. The van der Waals surface area contributed by atoms with Gasteiger partial charge in [0.15, 0.2) is 12.1 Å². The van der Waals surface area contributed by atoms with Gasteiger partial charge < -0.3 is 10.3 Å². The first-order valence-electron chi connectivity index (χ1n) is 4.51. The molecule has 0 spiro atoms. The summed E-state index contributed by atoms with van der Waals surface area (Å²) in [5.74, 6) is 0.286. The molecule has 1 heterocycles. The van der Waals surface area contributed by atoms with Crippen molar-refractivity contribution in [1.29, 1.82) is 0 Å². The molecule has 2 rings (SSSR count). The third-order valence-corrected chi connectivity index (χ3v) is 2.33. The Morgan fingerprint density at radius 2 is 2.43 bits per heavy atom. The number of amides is 1. The summed E-state index contributed by atoms with van der Waals surface area (Å²) in [5.41, 5.74) is 6.04. The van der Waals surface area contributed by atoms with E-state index in [0.29, 0.717) is 12.2 Å². The lowest BCUT2D eigenvalue weighted by molar-refractivity contribution is -0.118. The Morgan fingerprint density at radius 3 is 2.93 bits per heavy atom. The number of carbonyl (C=O) groups excluding carboxylic acids is 2. The van der Waals surface area contributed by atoms with Crippen molar-refractivity contribution >= 4 is 12.2 Å². The lowest BCUT2D eigenvalue weighted by atomic mass is 10.3. The first-order chi connectivity index (χ1) is 6.72. The van der Waals surface area contributed by atoms with Gasteiger partial charge in [0.2, 0.25) is 5.91 Å². The molecule has 0 aromatic carbocycles. The molecule has 0 saturated heterocycles. The highest BCUT2D eigenvalue weighted by Gasteiger charge is 2.28. The number of primary amides is 1. The van der Waals surface area contributed by atoms with Crippen LogP contribution in [0, 0.1) is 0 Å². The molecule has 14 heavy (non-hydrogen) atoms. The average Bonchev–Trinajstić information content (AvgIpc) is 2.89. The highest BCUT2D eigenvalue weighted by atomic mass is 16.1. The predicted molar refractivity (Wildman–Crippen MR) is 48.8 cm³/mol. The molecule has 1 aliphatic carbocycles. The predicted octanol–water partition coefficient (Wildman–Crippen LogP) is 0.0583. The van der Waals surface area contributed by atoms with E-state index in [2.05, 4.69) is 4.98 Å². The summed E-state index contributed by atoms with van der Waals surface area (Å²) >= 11 is 0. The summed E-state index contributed by atoms with van der Waals surface area (Å²) in [4.78, 5) is 25.4. The third-order valence-electron chi connectivity index (χ3n) is 2.33. The molecule has 5 heteroatoms. The quantitative estimate of drug-likeness (QED) is 0.687. The summed E-state index contributed by atoms with van der Waals surface area (Å²) < 4.78 is 1.60. The molecular formula is C9H11N3O2. The molecule has 0 radical (unpaired) electrons. The van der Waals surface area contributed by atoms with E-state index < -0.39 is 5.91 Å². The SMILES string of the molecule is NC(=O)Cn1c(C2CC2)cnc1C=O. The topological polar surface area (TPSA) is 78.0 Å². The Hall–Kier alpha value is -1.65. The van der Waals surface area contributed by atoms with Crippen molar-refractivity contribution in [2.24, 2.45) is 5.73 Å². The largest absolute Gasteiger partial charge is 0.368 e. The number of imidazole rings is 1. The molecule has 0 bridgehead atoms. The van der Waals surface area contributed by atoms with E-state index in [1.165, 1.54) is 0 Å². The molecule has 1 aliphatic rings. The summed E-state index contributed by atoms with van der Waals surface area (Å²) in [5, 5.41) is 0. The molecular weight excluding hydrogens is 182 g/mol. The smallest absolute Gasteiger partial charge is 0.237 e. The van der Waals surface area contributed by atoms with E-state index in [1.54, 1.807) is 10.8 Å². The first-order valence-corrected chi connectivity index (χ1v) is 4.51. The van der Waals surface area contributed by atoms with Crippen molar-refractivity contribution in [3.63, 3.8) is 0 Å². The van der Waals surface area contributed by atoms with E-state index in [0.717, 1.165) is 18.5 Å². The molecule has 0 aliphatic heterocycles. The van der Waals surface area contributed by atoms with Crippen LogP contribution in [0.15, 0.2) is 6.20 Å². The van der Waals surface area contributed by atoms with Gasteiger partial charge in [-0.3, -0.25) is 9.59 Å². The van der Waals surface area contributed by atoms with Gasteiger partial charge in [-0.15, -0.1) is 0 Å².